The molecule has 22 heavy (non-hydrogen) atoms. The predicted octanol–water partition coefficient (Wildman–Crippen LogP) is 2.54. The molecule has 1 aliphatic heterocycles. The van der Waals surface area contributed by atoms with Crippen LogP contribution in [0, 0.1) is 5.92 Å². The number of likely N-dealkylation sites (N-methyl/N-ethyl adjacent to an activating group) is 1. The molecule has 2 atom stereocenters. The monoisotopic (exact) mass is 325 g/mol. The Morgan fingerprint density at radius 2 is 2.14 bits per heavy atom. The van der Waals surface area contributed by atoms with E-state index in [1.54, 1.807) is 12.3 Å². The van der Waals surface area contributed by atoms with Gasteiger partial charge >= 0.3 is 0 Å². The Kier molecular flexibility index (Phi) is 5.29. The molecule has 6 heteroatoms. The summed E-state index contributed by atoms with van der Waals surface area (Å²) >= 11 is 6.17. The molecule has 1 aromatic heterocycles. The number of halogens is 1. The number of rotatable bonds is 4. The number of hydrogen-bond donors (Lipinski definition) is 0. The van der Waals surface area contributed by atoms with Gasteiger partial charge in [0.1, 0.15) is 5.02 Å². The van der Waals surface area contributed by atoms with E-state index in [1.807, 2.05) is 32.8 Å². The summed E-state index contributed by atoms with van der Waals surface area (Å²) in [5.74, 6) is 0.793. The third-order valence-electron chi connectivity index (χ3n) is 3.92. The summed E-state index contributed by atoms with van der Waals surface area (Å²) < 4.78 is 5.50. The van der Waals surface area contributed by atoms with Crippen LogP contribution in [0.2, 0.25) is 5.02 Å². The normalized spacial score (nSPS) is 21.7. The molecule has 1 fully saturated rings. The Bertz CT molecular complexity index is 548. The number of nitrogens with zero attached hydrogens (tertiary/aromatic N) is 3. The number of carbonyl (C=O) groups excluding carboxylic acids is 1. The highest BCUT2D eigenvalue weighted by Crippen LogP contribution is 2.26. The van der Waals surface area contributed by atoms with E-state index in [0.29, 0.717) is 28.4 Å². The molecule has 1 saturated heterocycles. The van der Waals surface area contributed by atoms with Gasteiger partial charge in [-0.25, -0.2) is 4.98 Å². The topological polar surface area (TPSA) is 45.7 Å². The molecule has 0 N–H and O–H groups in total. The van der Waals surface area contributed by atoms with Gasteiger partial charge in [-0.15, -0.1) is 0 Å². The van der Waals surface area contributed by atoms with E-state index in [1.165, 1.54) is 0 Å². The first-order chi connectivity index (χ1) is 10.3. The maximum atomic E-state index is 12.6. The zero-order valence-electron chi connectivity index (χ0n) is 13.8. The van der Waals surface area contributed by atoms with E-state index in [2.05, 4.69) is 16.8 Å². The van der Waals surface area contributed by atoms with Crippen LogP contribution in [0.25, 0.3) is 0 Å². The van der Waals surface area contributed by atoms with Gasteiger partial charge in [0.05, 0.1) is 11.7 Å². The van der Waals surface area contributed by atoms with Gasteiger partial charge in [0.15, 0.2) is 0 Å². The fourth-order valence-electron chi connectivity index (χ4n) is 2.82. The van der Waals surface area contributed by atoms with Gasteiger partial charge < -0.3 is 14.5 Å². The summed E-state index contributed by atoms with van der Waals surface area (Å²) in [6, 6.07) is 2.03. The Balaban J connectivity index is 2.12. The molecular formula is C16H24ClN3O2. The smallest absolute Gasteiger partial charge is 0.255 e. The first kappa shape index (κ1) is 17.0. The van der Waals surface area contributed by atoms with E-state index < -0.39 is 0 Å². The lowest BCUT2D eigenvalue weighted by Gasteiger charge is -2.22. The van der Waals surface area contributed by atoms with Crippen LogP contribution in [-0.2, 0) is 0 Å². The van der Waals surface area contributed by atoms with Crippen molar-refractivity contribution in [3.63, 3.8) is 0 Å². The zero-order valence-corrected chi connectivity index (χ0v) is 14.6. The fourth-order valence-corrected chi connectivity index (χ4v) is 3.03. The highest BCUT2D eigenvalue weighted by atomic mass is 35.5. The lowest BCUT2D eigenvalue weighted by molar-refractivity contribution is 0.0781. The Hall–Kier alpha value is -1.33. The van der Waals surface area contributed by atoms with Gasteiger partial charge in [-0.3, -0.25) is 4.79 Å². The molecule has 1 amide bonds. The Labute approximate surface area is 137 Å². The molecule has 0 spiro atoms. The van der Waals surface area contributed by atoms with E-state index in [0.717, 1.165) is 13.1 Å². The number of ether oxygens (including phenoxy) is 1. The number of likely N-dealkylation sites (tertiary alicyclic amines) is 1. The molecule has 0 radical (unpaired) electrons. The van der Waals surface area contributed by atoms with Crippen molar-refractivity contribution in [2.45, 2.75) is 32.9 Å². The lowest BCUT2D eigenvalue weighted by Crippen LogP contribution is -2.35. The van der Waals surface area contributed by atoms with Crippen LogP contribution in [0.1, 0.15) is 31.1 Å². The lowest BCUT2D eigenvalue weighted by atomic mass is 10.1. The summed E-state index contributed by atoms with van der Waals surface area (Å²) in [7, 11) is 4.09. The second kappa shape index (κ2) is 6.84. The zero-order chi connectivity index (χ0) is 16.4. The summed E-state index contributed by atoms with van der Waals surface area (Å²) in [5.41, 5.74) is 0.507. The summed E-state index contributed by atoms with van der Waals surface area (Å²) in [6.45, 7) is 7.47. The first-order valence-electron chi connectivity index (χ1n) is 7.57. The van der Waals surface area contributed by atoms with Crippen molar-refractivity contribution in [2.75, 3.05) is 27.2 Å². The summed E-state index contributed by atoms with van der Waals surface area (Å²) in [5, 5.41) is 0.371. The van der Waals surface area contributed by atoms with Crippen molar-refractivity contribution in [3.05, 3.63) is 22.8 Å². The van der Waals surface area contributed by atoms with Gasteiger partial charge in [-0.2, -0.15) is 0 Å². The summed E-state index contributed by atoms with van der Waals surface area (Å²) in [4.78, 5) is 20.8. The quantitative estimate of drug-likeness (QED) is 0.853. The highest BCUT2D eigenvalue weighted by molar-refractivity contribution is 6.32. The average Bonchev–Trinajstić information content (AvgIpc) is 2.82. The second-order valence-corrected chi connectivity index (χ2v) is 6.80. The average molecular weight is 326 g/mol. The molecule has 5 nitrogen and oxygen atoms in total. The third-order valence-corrected chi connectivity index (χ3v) is 4.20. The fraction of sp³-hybridized carbons (Fsp3) is 0.625. The van der Waals surface area contributed by atoms with E-state index in [-0.39, 0.29) is 12.0 Å². The van der Waals surface area contributed by atoms with Crippen molar-refractivity contribution in [2.24, 2.45) is 5.92 Å². The van der Waals surface area contributed by atoms with Crippen LogP contribution in [-0.4, -0.2) is 60.0 Å². The molecule has 1 aromatic rings. The maximum absolute atomic E-state index is 12.6. The Morgan fingerprint density at radius 3 is 2.64 bits per heavy atom. The van der Waals surface area contributed by atoms with E-state index in [4.69, 9.17) is 16.3 Å². The van der Waals surface area contributed by atoms with Crippen molar-refractivity contribution in [1.82, 2.24) is 14.8 Å². The van der Waals surface area contributed by atoms with Gasteiger partial charge in [0.2, 0.25) is 5.88 Å². The molecule has 0 bridgehead atoms. The molecule has 2 rings (SSSR count). The number of amides is 1. The van der Waals surface area contributed by atoms with Crippen LogP contribution in [0.15, 0.2) is 12.3 Å². The van der Waals surface area contributed by atoms with E-state index in [9.17, 15) is 4.79 Å². The minimum absolute atomic E-state index is 0.00756. The SMILES string of the molecule is CC(C)Oc1ncc(C(=O)N2C[C@@H](C)[C@H](N(C)C)C2)cc1Cl. The number of hydrogen-bond acceptors (Lipinski definition) is 4. The van der Waals surface area contributed by atoms with Gasteiger partial charge in [0.25, 0.3) is 5.91 Å². The van der Waals surface area contributed by atoms with Crippen molar-refractivity contribution >= 4 is 17.5 Å². The molecule has 1 aliphatic rings. The van der Waals surface area contributed by atoms with Gasteiger partial charge in [-0.1, -0.05) is 18.5 Å². The second-order valence-electron chi connectivity index (χ2n) is 6.40. The van der Waals surface area contributed by atoms with Crippen LogP contribution >= 0.6 is 11.6 Å². The van der Waals surface area contributed by atoms with Crippen molar-refractivity contribution in [1.29, 1.82) is 0 Å². The first-order valence-corrected chi connectivity index (χ1v) is 7.95. The van der Waals surface area contributed by atoms with Crippen LogP contribution in [0.5, 0.6) is 5.88 Å². The molecule has 0 unspecified atom stereocenters. The van der Waals surface area contributed by atoms with Crippen molar-refractivity contribution in [3.8, 4) is 5.88 Å². The Morgan fingerprint density at radius 1 is 1.45 bits per heavy atom. The van der Waals surface area contributed by atoms with E-state index >= 15 is 0 Å². The van der Waals surface area contributed by atoms with Crippen LogP contribution in [0.4, 0.5) is 0 Å². The maximum Gasteiger partial charge on any atom is 0.255 e. The minimum atomic E-state index is -0.0262. The standard InChI is InChI=1S/C16H24ClN3O2/c1-10(2)22-15-13(17)6-12(7-18-15)16(21)20-8-11(3)14(9-20)19(4)5/h6-7,10-11,14H,8-9H2,1-5H3/t11-,14-/m1/s1. The predicted molar refractivity (Wildman–Crippen MR) is 87.6 cm³/mol. The molecule has 122 valence electrons. The molecule has 2 heterocycles. The van der Waals surface area contributed by atoms with Gasteiger partial charge in [-0.05, 0) is 39.9 Å². The minimum Gasteiger partial charge on any atom is -0.474 e. The molecule has 0 aliphatic carbocycles. The molecular weight excluding hydrogens is 302 g/mol. The number of pyridine rings is 1. The van der Waals surface area contributed by atoms with Gasteiger partial charge in [0, 0.05) is 25.3 Å². The third kappa shape index (κ3) is 3.70. The number of aromatic nitrogens is 1. The summed E-state index contributed by atoms with van der Waals surface area (Å²) in [6.07, 6.45) is 1.53. The highest BCUT2D eigenvalue weighted by Gasteiger charge is 2.34. The molecule has 0 aromatic carbocycles. The molecule has 0 saturated carbocycles. The largest absolute Gasteiger partial charge is 0.474 e. The number of carbonyl (C=O) groups is 1. The van der Waals surface area contributed by atoms with Crippen LogP contribution in [0.3, 0.4) is 0 Å². The van der Waals surface area contributed by atoms with Crippen molar-refractivity contribution < 1.29 is 9.53 Å². The van der Waals surface area contributed by atoms with Crippen LogP contribution < -0.4 is 4.74 Å².